The number of anilines is 1. The van der Waals surface area contributed by atoms with E-state index >= 15 is 0 Å². The number of carbonyl (C=O) groups is 1. The molecule has 0 unspecified atom stereocenters. The van der Waals surface area contributed by atoms with Crippen LogP contribution in [0.4, 0.5) is 10.1 Å². The van der Waals surface area contributed by atoms with E-state index in [4.69, 9.17) is 5.73 Å². The molecule has 2 aromatic carbocycles. The molecule has 0 aliphatic rings. The van der Waals surface area contributed by atoms with Gasteiger partial charge in [0.1, 0.15) is 11.6 Å². The van der Waals surface area contributed by atoms with Crippen molar-refractivity contribution in [1.29, 1.82) is 0 Å². The van der Waals surface area contributed by atoms with Crippen LogP contribution in [0.2, 0.25) is 0 Å². The predicted octanol–water partition coefficient (Wildman–Crippen LogP) is 2.81. The average Bonchev–Trinajstić information content (AvgIpc) is 2.42. The molecule has 0 fully saturated rings. The van der Waals surface area contributed by atoms with Crippen LogP contribution in [0, 0.1) is 5.82 Å². The standard InChI is InChI=1S/C14H12BrFN2O2/c15-11-3-2-10(16)5-9(11)7-18-14(20)8-1-4-12(17)13(19)6-8/h1-6,19H,7,17H2,(H,18,20). The third kappa shape index (κ3) is 3.27. The monoisotopic (exact) mass is 338 g/mol. The van der Waals surface area contributed by atoms with Crippen molar-refractivity contribution < 1.29 is 14.3 Å². The Balaban J connectivity index is 2.08. The van der Waals surface area contributed by atoms with Gasteiger partial charge in [-0.05, 0) is 42.0 Å². The van der Waals surface area contributed by atoms with Crippen LogP contribution in [0.15, 0.2) is 40.9 Å². The molecular formula is C14H12BrFN2O2. The van der Waals surface area contributed by atoms with Crippen molar-refractivity contribution in [3.8, 4) is 5.75 Å². The van der Waals surface area contributed by atoms with E-state index < -0.39 is 0 Å². The predicted molar refractivity (Wildman–Crippen MR) is 77.8 cm³/mol. The van der Waals surface area contributed by atoms with Crippen molar-refractivity contribution in [1.82, 2.24) is 5.32 Å². The Labute approximate surface area is 123 Å². The molecule has 0 radical (unpaired) electrons. The molecule has 2 rings (SSSR count). The highest BCUT2D eigenvalue weighted by molar-refractivity contribution is 9.10. The summed E-state index contributed by atoms with van der Waals surface area (Å²) >= 11 is 3.28. The van der Waals surface area contributed by atoms with Gasteiger partial charge >= 0.3 is 0 Å². The van der Waals surface area contributed by atoms with Gasteiger partial charge in [0.15, 0.2) is 0 Å². The molecule has 0 heterocycles. The summed E-state index contributed by atoms with van der Waals surface area (Å²) in [5, 5.41) is 12.1. The smallest absolute Gasteiger partial charge is 0.251 e. The molecule has 6 heteroatoms. The summed E-state index contributed by atoms with van der Waals surface area (Å²) in [4.78, 5) is 11.9. The van der Waals surface area contributed by atoms with Crippen LogP contribution in [0.5, 0.6) is 5.75 Å². The summed E-state index contributed by atoms with van der Waals surface area (Å²) in [5.41, 5.74) is 6.57. The number of nitrogens with two attached hydrogens (primary N) is 1. The molecule has 0 aliphatic carbocycles. The number of phenols is 1. The van der Waals surface area contributed by atoms with E-state index in [1.165, 1.54) is 30.3 Å². The van der Waals surface area contributed by atoms with Crippen molar-refractivity contribution >= 4 is 27.5 Å². The topological polar surface area (TPSA) is 75.4 Å². The Morgan fingerprint density at radius 2 is 2.05 bits per heavy atom. The molecule has 0 saturated carbocycles. The minimum atomic E-state index is -0.378. The Bertz CT molecular complexity index is 662. The normalized spacial score (nSPS) is 10.3. The highest BCUT2D eigenvalue weighted by atomic mass is 79.9. The Morgan fingerprint density at radius 1 is 1.30 bits per heavy atom. The van der Waals surface area contributed by atoms with Crippen LogP contribution in [0.3, 0.4) is 0 Å². The van der Waals surface area contributed by atoms with Crippen molar-refractivity contribution in [3.63, 3.8) is 0 Å². The van der Waals surface area contributed by atoms with Crippen LogP contribution in [0.1, 0.15) is 15.9 Å². The second kappa shape index (κ2) is 5.92. The van der Waals surface area contributed by atoms with E-state index in [0.717, 1.165) is 0 Å². The van der Waals surface area contributed by atoms with Crippen LogP contribution < -0.4 is 11.1 Å². The van der Waals surface area contributed by atoms with Crippen LogP contribution in [-0.4, -0.2) is 11.0 Å². The second-order valence-electron chi connectivity index (χ2n) is 4.19. The molecule has 4 N–H and O–H groups in total. The first-order chi connectivity index (χ1) is 9.47. The van der Waals surface area contributed by atoms with E-state index in [0.29, 0.717) is 10.0 Å². The van der Waals surface area contributed by atoms with Crippen molar-refractivity contribution in [3.05, 3.63) is 57.8 Å². The number of carbonyl (C=O) groups excluding carboxylic acids is 1. The molecule has 0 spiro atoms. The van der Waals surface area contributed by atoms with Gasteiger partial charge in [-0.15, -0.1) is 0 Å². The molecule has 0 atom stereocenters. The quantitative estimate of drug-likeness (QED) is 0.595. The largest absolute Gasteiger partial charge is 0.506 e. The Hall–Kier alpha value is -2.08. The highest BCUT2D eigenvalue weighted by Crippen LogP contribution is 2.21. The van der Waals surface area contributed by atoms with Crippen molar-refractivity contribution in [2.24, 2.45) is 0 Å². The summed E-state index contributed by atoms with van der Waals surface area (Å²) < 4.78 is 13.8. The molecule has 104 valence electrons. The zero-order valence-corrected chi connectivity index (χ0v) is 11.9. The third-order valence-electron chi connectivity index (χ3n) is 2.74. The maximum Gasteiger partial charge on any atom is 0.251 e. The number of aromatic hydroxyl groups is 1. The van der Waals surface area contributed by atoms with Crippen LogP contribution in [0.25, 0.3) is 0 Å². The summed E-state index contributed by atoms with van der Waals surface area (Å²) in [6, 6.07) is 8.47. The lowest BCUT2D eigenvalue weighted by Crippen LogP contribution is -2.23. The van der Waals surface area contributed by atoms with Crippen LogP contribution in [-0.2, 0) is 6.54 Å². The fourth-order valence-corrected chi connectivity index (χ4v) is 2.03. The molecule has 0 saturated heterocycles. The number of nitrogen functional groups attached to an aromatic ring is 1. The maximum absolute atomic E-state index is 13.1. The summed E-state index contributed by atoms with van der Waals surface area (Å²) in [6.45, 7) is 0.169. The Kier molecular flexibility index (Phi) is 4.24. The lowest BCUT2D eigenvalue weighted by Gasteiger charge is -2.08. The van der Waals surface area contributed by atoms with Crippen molar-refractivity contribution in [2.45, 2.75) is 6.54 Å². The van der Waals surface area contributed by atoms with Gasteiger partial charge < -0.3 is 16.2 Å². The zero-order valence-electron chi connectivity index (χ0n) is 10.4. The summed E-state index contributed by atoms with van der Waals surface area (Å²) in [6.07, 6.45) is 0. The van der Waals surface area contributed by atoms with E-state index in [2.05, 4.69) is 21.2 Å². The molecule has 2 aromatic rings. The SMILES string of the molecule is Nc1ccc(C(=O)NCc2cc(F)ccc2Br)cc1O. The van der Waals surface area contributed by atoms with Gasteiger partial charge in [-0.3, -0.25) is 4.79 Å². The minimum Gasteiger partial charge on any atom is -0.506 e. The van der Waals surface area contributed by atoms with Crippen molar-refractivity contribution in [2.75, 3.05) is 5.73 Å². The number of hydrogen-bond acceptors (Lipinski definition) is 3. The minimum absolute atomic E-state index is 0.149. The van der Waals surface area contributed by atoms with Crippen LogP contribution >= 0.6 is 15.9 Å². The van der Waals surface area contributed by atoms with Gasteiger partial charge in [0.05, 0.1) is 5.69 Å². The van der Waals surface area contributed by atoms with Gasteiger partial charge in [0, 0.05) is 16.6 Å². The van der Waals surface area contributed by atoms with E-state index in [-0.39, 0.29) is 35.3 Å². The zero-order chi connectivity index (χ0) is 14.7. The molecule has 1 amide bonds. The third-order valence-corrected chi connectivity index (χ3v) is 3.51. The van der Waals surface area contributed by atoms with E-state index in [1.807, 2.05) is 0 Å². The molecular weight excluding hydrogens is 327 g/mol. The van der Waals surface area contributed by atoms with E-state index in [1.54, 1.807) is 6.07 Å². The van der Waals surface area contributed by atoms with Gasteiger partial charge in [-0.25, -0.2) is 4.39 Å². The molecule has 4 nitrogen and oxygen atoms in total. The Morgan fingerprint density at radius 3 is 2.75 bits per heavy atom. The lowest BCUT2D eigenvalue weighted by molar-refractivity contribution is 0.0950. The van der Waals surface area contributed by atoms with E-state index in [9.17, 15) is 14.3 Å². The number of nitrogens with one attached hydrogen (secondary N) is 1. The molecule has 0 aromatic heterocycles. The van der Waals surface area contributed by atoms with Gasteiger partial charge in [0.25, 0.3) is 5.91 Å². The first-order valence-corrected chi connectivity index (χ1v) is 6.57. The molecule has 0 aliphatic heterocycles. The number of phenolic OH excluding ortho intramolecular Hbond substituents is 1. The highest BCUT2D eigenvalue weighted by Gasteiger charge is 2.09. The number of rotatable bonds is 3. The number of amides is 1. The average molecular weight is 339 g/mol. The fourth-order valence-electron chi connectivity index (χ4n) is 1.64. The van der Waals surface area contributed by atoms with Gasteiger partial charge in [-0.1, -0.05) is 15.9 Å². The number of benzene rings is 2. The first kappa shape index (κ1) is 14.3. The first-order valence-electron chi connectivity index (χ1n) is 5.78. The fraction of sp³-hybridized carbons (Fsp3) is 0.0714. The second-order valence-corrected chi connectivity index (χ2v) is 5.05. The number of halogens is 2. The number of hydrogen-bond donors (Lipinski definition) is 3. The summed E-state index contributed by atoms with van der Waals surface area (Å²) in [5.74, 6) is -0.899. The van der Waals surface area contributed by atoms with Gasteiger partial charge in [-0.2, -0.15) is 0 Å². The lowest BCUT2D eigenvalue weighted by atomic mass is 10.1. The molecule has 20 heavy (non-hydrogen) atoms. The summed E-state index contributed by atoms with van der Waals surface area (Å²) in [7, 11) is 0. The maximum atomic E-state index is 13.1. The van der Waals surface area contributed by atoms with Gasteiger partial charge in [0.2, 0.25) is 0 Å². The molecule has 0 bridgehead atoms.